The topological polar surface area (TPSA) is 71.8 Å². The quantitative estimate of drug-likeness (QED) is 0.401. The molecule has 33 heavy (non-hydrogen) atoms. The Morgan fingerprint density at radius 2 is 1.67 bits per heavy atom. The van der Waals surface area contributed by atoms with E-state index in [1.54, 1.807) is 0 Å². The molecule has 0 saturated heterocycles. The summed E-state index contributed by atoms with van der Waals surface area (Å²) in [4.78, 5) is 13.6. The zero-order valence-corrected chi connectivity index (χ0v) is 19.7. The van der Waals surface area contributed by atoms with Gasteiger partial charge in [-0.2, -0.15) is 0 Å². The first-order valence-electron chi connectivity index (χ1n) is 10.6. The number of carbonyl (C=O) groups is 1. The highest BCUT2D eigenvalue weighted by atomic mass is 35.5. The first-order chi connectivity index (χ1) is 16.0. The van der Waals surface area contributed by atoms with Crippen molar-refractivity contribution in [2.24, 2.45) is 0 Å². The second-order valence-electron chi connectivity index (χ2n) is 7.96. The van der Waals surface area contributed by atoms with Gasteiger partial charge in [-0.1, -0.05) is 84.0 Å². The Balaban J connectivity index is 1.53. The van der Waals surface area contributed by atoms with Gasteiger partial charge >= 0.3 is 0 Å². The maximum Gasteiger partial charge on any atom is 0.240 e. The van der Waals surface area contributed by atoms with E-state index in [0.717, 1.165) is 27.9 Å². The van der Waals surface area contributed by atoms with Gasteiger partial charge in [0, 0.05) is 16.3 Å². The fraction of sp³-hybridized carbons (Fsp3) is 0.160. The number of halogens is 1. The third kappa shape index (κ3) is 4.21. The van der Waals surface area contributed by atoms with Gasteiger partial charge in [-0.3, -0.25) is 4.79 Å². The van der Waals surface area contributed by atoms with Crippen molar-refractivity contribution < 1.29 is 4.79 Å². The van der Waals surface area contributed by atoms with Crippen LogP contribution in [-0.4, -0.2) is 26.0 Å². The monoisotopic (exact) mass is 475 g/mol. The fourth-order valence-corrected chi connectivity index (χ4v) is 5.16. The highest BCUT2D eigenvalue weighted by Crippen LogP contribution is 2.39. The van der Waals surface area contributed by atoms with Crippen LogP contribution in [0.2, 0.25) is 5.02 Å². The maximum atomic E-state index is 13.6. The molecule has 0 unspecified atom stereocenters. The Labute approximate surface area is 201 Å². The van der Waals surface area contributed by atoms with E-state index in [-0.39, 0.29) is 11.9 Å². The van der Waals surface area contributed by atoms with Crippen molar-refractivity contribution in [3.05, 3.63) is 94.5 Å². The average Bonchev–Trinajstić information content (AvgIpc) is 3.25. The van der Waals surface area contributed by atoms with E-state index in [1.165, 1.54) is 11.8 Å². The first-order valence-corrected chi connectivity index (χ1v) is 11.8. The highest BCUT2D eigenvalue weighted by Gasteiger charge is 2.38. The number of fused-ring (bicyclic) bond motifs is 1. The van der Waals surface area contributed by atoms with Gasteiger partial charge in [-0.15, -0.1) is 10.2 Å². The van der Waals surface area contributed by atoms with E-state index < -0.39 is 5.25 Å². The Kier molecular flexibility index (Phi) is 5.83. The standard InChI is InChI=1S/C25H22ClN5OS/c1-15-7-6-8-16(2)20(15)27-24(32)22-21(17-11-13-19(26)14-12-17)30-31-23(28-29-25(31)33-22)18-9-4-3-5-10-18/h3-14,21-22,30H,1-2H3,(H,27,32)/t21-,22-/m1/s1. The predicted molar refractivity (Wildman–Crippen MR) is 133 cm³/mol. The number of nitrogens with one attached hydrogen (secondary N) is 2. The average molecular weight is 476 g/mol. The van der Waals surface area contributed by atoms with Gasteiger partial charge in [0.1, 0.15) is 5.25 Å². The molecule has 8 heteroatoms. The van der Waals surface area contributed by atoms with Crippen molar-refractivity contribution in [3.8, 4) is 11.4 Å². The summed E-state index contributed by atoms with van der Waals surface area (Å²) in [5, 5.41) is 12.7. The molecule has 0 bridgehead atoms. The van der Waals surface area contributed by atoms with E-state index in [4.69, 9.17) is 11.6 Å². The normalized spacial score (nSPS) is 17.2. The molecule has 0 fully saturated rings. The van der Waals surface area contributed by atoms with E-state index in [9.17, 15) is 4.79 Å². The molecule has 1 aliphatic heterocycles. The van der Waals surface area contributed by atoms with Gasteiger partial charge in [-0.25, -0.2) is 4.68 Å². The Bertz CT molecular complexity index is 1290. The van der Waals surface area contributed by atoms with Crippen LogP contribution < -0.4 is 10.7 Å². The molecule has 4 aromatic rings. The molecule has 6 nitrogen and oxygen atoms in total. The summed E-state index contributed by atoms with van der Waals surface area (Å²) in [5.74, 6) is 0.603. The molecule has 0 spiro atoms. The van der Waals surface area contributed by atoms with Crippen molar-refractivity contribution in [2.45, 2.75) is 30.3 Å². The third-order valence-corrected chi connectivity index (χ3v) is 7.15. The van der Waals surface area contributed by atoms with Crippen LogP contribution in [0.5, 0.6) is 0 Å². The smallest absolute Gasteiger partial charge is 0.240 e. The van der Waals surface area contributed by atoms with Crippen LogP contribution in [0.4, 0.5) is 5.69 Å². The molecule has 3 aromatic carbocycles. The van der Waals surface area contributed by atoms with E-state index in [1.807, 2.05) is 91.3 Å². The van der Waals surface area contributed by atoms with Gasteiger partial charge < -0.3 is 10.7 Å². The molecule has 0 aliphatic carbocycles. The Morgan fingerprint density at radius 1 is 0.970 bits per heavy atom. The summed E-state index contributed by atoms with van der Waals surface area (Å²) in [5.41, 5.74) is 8.27. The molecule has 2 heterocycles. The summed E-state index contributed by atoms with van der Waals surface area (Å²) in [6.07, 6.45) is 0. The van der Waals surface area contributed by atoms with Gasteiger partial charge in [0.05, 0.1) is 6.04 Å². The van der Waals surface area contributed by atoms with E-state index >= 15 is 0 Å². The molecule has 1 aliphatic rings. The number of benzene rings is 3. The lowest BCUT2D eigenvalue weighted by Crippen LogP contribution is -2.41. The zero-order valence-electron chi connectivity index (χ0n) is 18.1. The van der Waals surface area contributed by atoms with Crippen LogP contribution in [0.3, 0.4) is 0 Å². The Morgan fingerprint density at radius 3 is 2.36 bits per heavy atom. The number of aryl methyl sites for hydroxylation is 2. The minimum absolute atomic E-state index is 0.0969. The van der Waals surface area contributed by atoms with Gasteiger partial charge in [-0.05, 0) is 42.7 Å². The molecule has 2 atom stereocenters. The summed E-state index contributed by atoms with van der Waals surface area (Å²) < 4.78 is 1.86. The SMILES string of the molecule is Cc1cccc(C)c1NC(=O)[C@@H]1Sc2nnc(-c3ccccc3)n2N[C@@H]1c1ccc(Cl)cc1. The van der Waals surface area contributed by atoms with Gasteiger partial charge in [0.15, 0.2) is 5.82 Å². The molecular weight excluding hydrogens is 454 g/mol. The molecular formula is C25H22ClN5OS. The number of para-hydroxylation sites is 1. The lowest BCUT2D eigenvalue weighted by atomic mass is 10.0. The fourth-order valence-electron chi connectivity index (χ4n) is 3.96. The lowest BCUT2D eigenvalue weighted by molar-refractivity contribution is -0.116. The van der Waals surface area contributed by atoms with Crippen LogP contribution in [0.25, 0.3) is 11.4 Å². The largest absolute Gasteiger partial charge is 0.325 e. The molecule has 2 N–H and O–H groups in total. The Hall–Kier alpha value is -3.29. The summed E-state index contributed by atoms with van der Waals surface area (Å²) >= 11 is 7.53. The second-order valence-corrected chi connectivity index (χ2v) is 9.51. The van der Waals surface area contributed by atoms with Gasteiger partial charge in [0.2, 0.25) is 11.1 Å². The van der Waals surface area contributed by atoms with Crippen LogP contribution in [0.1, 0.15) is 22.7 Å². The number of aromatic nitrogens is 3. The highest BCUT2D eigenvalue weighted by molar-refractivity contribution is 8.00. The molecule has 1 aromatic heterocycles. The number of nitrogens with zero attached hydrogens (tertiary/aromatic N) is 3. The van der Waals surface area contributed by atoms with E-state index in [0.29, 0.717) is 16.0 Å². The number of rotatable bonds is 4. The second kappa shape index (κ2) is 8.92. The number of anilines is 1. The van der Waals surface area contributed by atoms with Crippen LogP contribution in [-0.2, 0) is 4.79 Å². The number of amides is 1. The number of carbonyl (C=O) groups excluding carboxylic acids is 1. The van der Waals surface area contributed by atoms with E-state index in [2.05, 4.69) is 20.9 Å². The van der Waals surface area contributed by atoms with Crippen molar-refractivity contribution in [1.29, 1.82) is 0 Å². The molecule has 0 radical (unpaired) electrons. The first kappa shape index (κ1) is 21.6. The predicted octanol–water partition coefficient (Wildman–Crippen LogP) is 5.61. The van der Waals surface area contributed by atoms with Crippen molar-refractivity contribution in [3.63, 3.8) is 0 Å². The van der Waals surface area contributed by atoms with Crippen molar-refractivity contribution >= 4 is 35.0 Å². The van der Waals surface area contributed by atoms with Crippen LogP contribution in [0.15, 0.2) is 78.0 Å². The maximum absolute atomic E-state index is 13.6. The lowest BCUT2D eigenvalue weighted by Gasteiger charge is -2.33. The summed E-state index contributed by atoms with van der Waals surface area (Å²) in [6.45, 7) is 3.99. The zero-order chi connectivity index (χ0) is 22.9. The minimum atomic E-state index is -0.467. The van der Waals surface area contributed by atoms with Crippen LogP contribution in [0, 0.1) is 13.8 Å². The molecule has 1 amide bonds. The molecule has 166 valence electrons. The summed E-state index contributed by atoms with van der Waals surface area (Å²) in [6, 6.07) is 23.1. The van der Waals surface area contributed by atoms with Gasteiger partial charge in [0.25, 0.3) is 0 Å². The minimum Gasteiger partial charge on any atom is -0.325 e. The molecule has 5 rings (SSSR count). The number of hydrogen-bond acceptors (Lipinski definition) is 5. The van der Waals surface area contributed by atoms with Crippen molar-refractivity contribution in [1.82, 2.24) is 14.9 Å². The summed E-state index contributed by atoms with van der Waals surface area (Å²) in [7, 11) is 0. The number of hydrogen-bond donors (Lipinski definition) is 2. The van der Waals surface area contributed by atoms with Crippen LogP contribution >= 0.6 is 23.4 Å². The number of thioether (sulfide) groups is 1. The van der Waals surface area contributed by atoms with Crippen molar-refractivity contribution in [2.75, 3.05) is 10.7 Å². The third-order valence-electron chi connectivity index (χ3n) is 5.69. The molecule has 0 saturated carbocycles.